The van der Waals surface area contributed by atoms with Gasteiger partial charge in [-0.25, -0.2) is 0 Å². The van der Waals surface area contributed by atoms with Crippen LogP contribution in [0.3, 0.4) is 0 Å². The van der Waals surface area contributed by atoms with Crippen molar-refractivity contribution < 1.29 is 9.53 Å². The number of rotatable bonds is 5. The van der Waals surface area contributed by atoms with Gasteiger partial charge >= 0.3 is 0 Å². The number of nitrogens with one attached hydrogen (secondary N) is 1. The Balaban J connectivity index is 1.53. The van der Waals surface area contributed by atoms with Crippen molar-refractivity contribution in [2.75, 3.05) is 0 Å². The van der Waals surface area contributed by atoms with Crippen LogP contribution in [0.1, 0.15) is 49.2 Å². The summed E-state index contributed by atoms with van der Waals surface area (Å²) in [6.45, 7) is 4.28. The first kappa shape index (κ1) is 19.3. The second-order valence-corrected chi connectivity index (χ2v) is 8.29. The van der Waals surface area contributed by atoms with E-state index in [0.717, 1.165) is 40.5 Å². The SMILES string of the molecule is CC(C)C[C@H](NC(=O)C1c2ccccc2Oc2ccccc21)c1nnc2ccccn12. The van der Waals surface area contributed by atoms with Crippen molar-refractivity contribution in [2.24, 2.45) is 5.92 Å². The zero-order chi connectivity index (χ0) is 21.4. The molecule has 0 saturated heterocycles. The Morgan fingerprint density at radius 2 is 1.61 bits per heavy atom. The highest BCUT2D eigenvalue weighted by Gasteiger charge is 2.34. The molecule has 1 atom stereocenters. The Bertz CT molecular complexity index is 1200. The van der Waals surface area contributed by atoms with Crippen LogP contribution in [0.4, 0.5) is 0 Å². The van der Waals surface area contributed by atoms with E-state index in [1.807, 2.05) is 77.3 Å². The number of carbonyl (C=O) groups excluding carboxylic acids is 1. The summed E-state index contributed by atoms with van der Waals surface area (Å²) in [5, 5.41) is 12.0. The number of ether oxygens (including phenoxy) is 1. The average Bonchev–Trinajstić information content (AvgIpc) is 3.20. The highest BCUT2D eigenvalue weighted by Crippen LogP contribution is 2.44. The van der Waals surface area contributed by atoms with E-state index in [0.29, 0.717) is 5.92 Å². The number of fused-ring (bicyclic) bond motifs is 3. The Labute approximate surface area is 180 Å². The van der Waals surface area contributed by atoms with Crippen LogP contribution in [-0.4, -0.2) is 20.5 Å². The highest BCUT2D eigenvalue weighted by molar-refractivity contribution is 5.89. The molecule has 0 spiro atoms. The Hall–Kier alpha value is -3.67. The molecule has 2 aromatic carbocycles. The zero-order valence-electron chi connectivity index (χ0n) is 17.5. The third-order valence-corrected chi connectivity index (χ3v) is 5.62. The van der Waals surface area contributed by atoms with Gasteiger partial charge in [0.05, 0.1) is 12.0 Å². The van der Waals surface area contributed by atoms with Crippen molar-refractivity contribution in [1.29, 1.82) is 0 Å². The second-order valence-electron chi connectivity index (χ2n) is 8.29. The van der Waals surface area contributed by atoms with Gasteiger partial charge < -0.3 is 10.1 Å². The van der Waals surface area contributed by atoms with Crippen molar-refractivity contribution in [3.63, 3.8) is 0 Å². The molecular weight excluding hydrogens is 388 g/mol. The third kappa shape index (κ3) is 3.54. The molecule has 4 aromatic rings. The normalized spacial score (nSPS) is 14.0. The lowest BCUT2D eigenvalue weighted by Gasteiger charge is -2.29. The molecule has 0 fully saturated rings. The van der Waals surface area contributed by atoms with Crippen LogP contribution in [0.5, 0.6) is 11.5 Å². The maximum atomic E-state index is 13.7. The van der Waals surface area contributed by atoms with Crippen LogP contribution < -0.4 is 10.1 Å². The topological polar surface area (TPSA) is 68.5 Å². The number of pyridine rings is 1. The first-order valence-corrected chi connectivity index (χ1v) is 10.6. The second kappa shape index (κ2) is 7.87. The van der Waals surface area contributed by atoms with Crippen molar-refractivity contribution in [3.05, 3.63) is 89.9 Å². The molecule has 1 amide bonds. The smallest absolute Gasteiger partial charge is 0.232 e. The summed E-state index contributed by atoms with van der Waals surface area (Å²) in [5.74, 6) is 2.03. The largest absolute Gasteiger partial charge is 0.457 e. The van der Waals surface area contributed by atoms with E-state index in [-0.39, 0.29) is 11.9 Å². The predicted molar refractivity (Wildman–Crippen MR) is 118 cm³/mol. The molecule has 0 radical (unpaired) electrons. The minimum atomic E-state index is -0.449. The van der Waals surface area contributed by atoms with Gasteiger partial charge in [0.2, 0.25) is 5.91 Å². The molecule has 156 valence electrons. The van der Waals surface area contributed by atoms with E-state index in [1.165, 1.54) is 0 Å². The summed E-state index contributed by atoms with van der Waals surface area (Å²) in [5.41, 5.74) is 2.50. The minimum absolute atomic E-state index is 0.0680. The number of amides is 1. The Kier molecular flexibility index (Phi) is 4.90. The fraction of sp³-hybridized carbons (Fsp3) is 0.240. The summed E-state index contributed by atoms with van der Waals surface area (Å²) in [4.78, 5) is 13.7. The van der Waals surface area contributed by atoms with Crippen LogP contribution in [0.15, 0.2) is 72.9 Å². The molecule has 0 saturated carbocycles. The third-order valence-electron chi connectivity index (χ3n) is 5.62. The van der Waals surface area contributed by atoms with Crippen LogP contribution in [0.2, 0.25) is 0 Å². The number of para-hydroxylation sites is 2. The average molecular weight is 412 g/mol. The van der Waals surface area contributed by atoms with Gasteiger partial charge in [-0.05, 0) is 36.6 Å². The molecule has 1 N–H and O–H groups in total. The first-order valence-electron chi connectivity index (χ1n) is 10.6. The first-order chi connectivity index (χ1) is 15.1. The highest BCUT2D eigenvalue weighted by atomic mass is 16.5. The molecule has 0 bridgehead atoms. The van der Waals surface area contributed by atoms with Crippen molar-refractivity contribution in [3.8, 4) is 11.5 Å². The van der Waals surface area contributed by atoms with Gasteiger partial charge in [0.15, 0.2) is 11.5 Å². The number of hydrogen-bond acceptors (Lipinski definition) is 4. The maximum absolute atomic E-state index is 13.7. The van der Waals surface area contributed by atoms with Crippen LogP contribution in [0.25, 0.3) is 5.65 Å². The van der Waals surface area contributed by atoms with Crippen molar-refractivity contribution in [1.82, 2.24) is 19.9 Å². The quantitative estimate of drug-likeness (QED) is 0.508. The Morgan fingerprint density at radius 1 is 0.968 bits per heavy atom. The minimum Gasteiger partial charge on any atom is -0.457 e. The van der Waals surface area contributed by atoms with E-state index in [2.05, 4.69) is 29.4 Å². The number of hydrogen-bond donors (Lipinski definition) is 1. The number of benzene rings is 2. The van der Waals surface area contributed by atoms with Gasteiger partial charge in [0.1, 0.15) is 11.5 Å². The van der Waals surface area contributed by atoms with Gasteiger partial charge in [0, 0.05) is 17.3 Å². The lowest BCUT2D eigenvalue weighted by molar-refractivity contribution is -0.122. The van der Waals surface area contributed by atoms with E-state index >= 15 is 0 Å². The molecule has 1 aliphatic heterocycles. The van der Waals surface area contributed by atoms with Gasteiger partial charge in [-0.2, -0.15) is 0 Å². The maximum Gasteiger partial charge on any atom is 0.232 e. The van der Waals surface area contributed by atoms with Crippen molar-refractivity contribution >= 4 is 11.6 Å². The lowest BCUT2D eigenvalue weighted by atomic mass is 9.87. The van der Waals surface area contributed by atoms with Gasteiger partial charge in [0.25, 0.3) is 0 Å². The van der Waals surface area contributed by atoms with E-state index in [9.17, 15) is 4.79 Å². The van der Waals surface area contributed by atoms with E-state index < -0.39 is 5.92 Å². The van der Waals surface area contributed by atoms with Crippen molar-refractivity contribution in [2.45, 2.75) is 32.2 Å². The molecule has 0 unspecified atom stereocenters. The van der Waals surface area contributed by atoms with E-state index in [1.54, 1.807) is 0 Å². The summed E-state index contributed by atoms with van der Waals surface area (Å²) in [7, 11) is 0. The molecular formula is C25H24N4O2. The number of nitrogens with zero attached hydrogens (tertiary/aromatic N) is 3. The fourth-order valence-corrected chi connectivity index (χ4v) is 4.25. The van der Waals surface area contributed by atoms with Gasteiger partial charge in [-0.1, -0.05) is 56.3 Å². The predicted octanol–water partition coefficient (Wildman–Crippen LogP) is 4.87. The van der Waals surface area contributed by atoms with Gasteiger partial charge in [-0.15, -0.1) is 10.2 Å². The molecule has 6 nitrogen and oxygen atoms in total. The molecule has 2 aromatic heterocycles. The monoisotopic (exact) mass is 412 g/mol. The van der Waals surface area contributed by atoms with Crippen LogP contribution in [0, 0.1) is 5.92 Å². The molecule has 0 aliphatic carbocycles. The summed E-state index contributed by atoms with van der Waals surface area (Å²) >= 11 is 0. The summed E-state index contributed by atoms with van der Waals surface area (Å²) in [6, 6.07) is 21.0. The molecule has 1 aliphatic rings. The van der Waals surface area contributed by atoms with Gasteiger partial charge in [-0.3, -0.25) is 9.20 Å². The number of aromatic nitrogens is 3. The van der Waals surface area contributed by atoms with E-state index in [4.69, 9.17) is 4.74 Å². The molecule has 5 rings (SSSR count). The van der Waals surface area contributed by atoms with Crippen LogP contribution >= 0.6 is 0 Å². The molecule has 3 heterocycles. The fourth-order valence-electron chi connectivity index (χ4n) is 4.25. The molecule has 6 heteroatoms. The standard InChI is InChI=1S/C25H24N4O2/c1-16(2)15-19(24-28-27-22-13-7-8-14-29(22)24)26-25(30)23-17-9-3-5-11-20(17)31-21-12-6-4-10-18(21)23/h3-14,16,19,23H,15H2,1-2H3,(H,26,30)/t19-/m0/s1. The zero-order valence-corrected chi connectivity index (χ0v) is 17.5. The summed E-state index contributed by atoms with van der Waals surface area (Å²) in [6.07, 6.45) is 2.69. The number of carbonyl (C=O) groups is 1. The molecule has 31 heavy (non-hydrogen) atoms. The summed E-state index contributed by atoms with van der Waals surface area (Å²) < 4.78 is 7.99. The lowest BCUT2D eigenvalue weighted by Crippen LogP contribution is -2.36. The van der Waals surface area contributed by atoms with Crippen LogP contribution in [-0.2, 0) is 4.79 Å². The Morgan fingerprint density at radius 3 is 2.29 bits per heavy atom.